The molecule has 0 aliphatic carbocycles. The number of nitrogens with zero attached hydrogens (tertiary/aromatic N) is 2. The van der Waals surface area contributed by atoms with Crippen molar-refractivity contribution in [3.63, 3.8) is 0 Å². The maximum atomic E-state index is 6.04. The number of nitrogen functional groups attached to an aromatic ring is 1. The highest BCUT2D eigenvalue weighted by molar-refractivity contribution is 8.01. The average molecular weight is 258 g/mol. The molecule has 78 valence electrons. The van der Waals surface area contributed by atoms with Gasteiger partial charge in [0, 0.05) is 10.6 Å². The molecule has 15 heavy (non-hydrogen) atoms. The van der Waals surface area contributed by atoms with Gasteiger partial charge in [0.05, 0.1) is 5.02 Å². The Labute approximate surface area is 101 Å². The first-order valence-corrected chi connectivity index (χ1v) is 6.15. The molecular weight excluding hydrogens is 250 g/mol. The molecule has 3 nitrogen and oxygen atoms in total. The van der Waals surface area contributed by atoms with E-state index in [9.17, 15) is 0 Å². The lowest BCUT2D eigenvalue weighted by molar-refractivity contribution is 1.10. The highest BCUT2D eigenvalue weighted by Gasteiger charge is 2.06. The fourth-order valence-corrected chi connectivity index (χ4v) is 2.93. The lowest BCUT2D eigenvalue weighted by Crippen LogP contribution is -1.84. The maximum Gasteiger partial charge on any atom is 0.174 e. The number of benzene rings is 1. The van der Waals surface area contributed by atoms with Gasteiger partial charge in [-0.2, -0.15) is 4.37 Å². The van der Waals surface area contributed by atoms with E-state index in [4.69, 9.17) is 17.3 Å². The standard InChI is InChI=1S/C9H8ClN3S2/c1-5-12-9(15-13-5)14-8-3-2-6(11)4-7(8)10/h2-4H,11H2,1H3. The molecule has 0 saturated carbocycles. The van der Waals surface area contributed by atoms with Crippen molar-refractivity contribution >= 4 is 40.6 Å². The summed E-state index contributed by atoms with van der Waals surface area (Å²) in [6.07, 6.45) is 0. The van der Waals surface area contributed by atoms with Crippen molar-refractivity contribution in [3.8, 4) is 0 Å². The summed E-state index contributed by atoms with van der Waals surface area (Å²) in [6.45, 7) is 1.87. The molecule has 2 rings (SSSR count). The number of aryl methyl sites for hydroxylation is 1. The van der Waals surface area contributed by atoms with Crippen LogP contribution in [0.25, 0.3) is 0 Å². The van der Waals surface area contributed by atoms with Crippen molar-refractivity contribution in [2.75, 3.05) is 5.73 Å². The molecule has 2 N–H and O–H groups in total. The summed E-state index contributed by atoms with van der Waals surface area (Å²) >= 11 is 8.91. The van der Waals surface area contributed by atoms with Crippen molar-refractivity contribution < 1.29 is 0 Å². The van der Waals surface area contributed by atoms with Crippen LogP contribution in [0.4, 0.5) is 5.69 Å². The van der Waals surface area contributed by atoms with Crippen molar-refractivity contribution in [1.82, 2.24) is 9.36 Å². The highest BCUT2D eigenvalue weighted by atomic mass is 35.5. The quantitative estimate of drug-likeness (QED) is 0.840. The Kier molecular flexibility index (Phi) is 3.14. The van der Waals surface area contributed by atoms with Crippen LogP contribution in [-0.2, 0) is 0 Å². The summed E-state index contributed by atoms with van der Waals surface area (Å²) in [7, 11) is 0. The first kappa shape index (κ1) is 10.7. The zero-order valence-corrected chi connectivity index (χ0v) is 10.3. The molecule has 0 aliphatic rings. The Hall–Kier alpha value is -0.780. The molecule has 1 heterocycles. The van der Waals surface area contributed by atoms with Gasteiger partial charge in [0.2, 0.25) is 0 Å². The van der Waals surface area contributed by atoms with Crippen molar-refractivity contribution in [1.29, 1.82) is 0 Å². The fraction of sp³-hybridized carbons (Fsp3) is 0.111. The van der Waals surface area contributed by atoms with E-state index in [0.717, 1.165) is 15.1 Å². The van der Waals surface area contributed by atoms with Crippen LogP contribution in [0.15, 0.2) is 27.4 Å². The average Bonchev–Trinajstić information content (AvgIpc) is 2.56. The van der Waals surface area contributed by atoms with E-state index in [2.05, 4.69) is 9.36 Å². The Morgan fingerprint density at radius 2 is 2.27 bits per heavy atom. The predicted octanol–water partition coefficient (Wildman–Crippen LogP) is 3.23. The third-order valence-electron chi connectivity index (χ3n) is 1.66. The Balaban J connectivity index is 2.24. The number of anilines is 1. The lowest BCUT2D eigenvalue weighted by atomic mass is 10.3. The van der Waals surface area contributed by atoms with E-state index in [1.165, 1.54) is 23.3 Å². The topological polar surface area (TPSA) is 51.8 Å². The van der Waals surface area contributed by atoms with Crippen molar-refractivity contribution in [2.45, 2.75) is 16.2 Å². The second-order valence-electron chi connectivity index (χ2n) is 2.90. The SMILES string of the molecule is Cc1nsc(Sc2ccc(N)cc2Cl)n1. The molecule has 0 aliphatic heterocycles. The van der Waals surface area contributed by atoms with Gasteiger partial charge >= 0.3 is 0 Å². The van der Waals surface area contributed by atoms with Gasteiger partial charge in [0.15, 0.2) is 4.34 Å². The molecule has 0 bridgehead atoms. The first-order chi connectivity index (χ1) is 7.15. The van der Waals surface area contributed by atoms with Crippen LogP contribution >= 0.6 is 34.9 Å². The molecule has 0 saturated heterocycles. The molecule has 0 unspecified atom stereocenters. The number of nitrogens with two attached hydrogens (primary N) is 1. The number of hydrogen-bond acceptors (Lipinski definition) is 5. The Morgan fingerprint density at radius 1 is 1.47 bits per heavy atom. The van der Waals surface area contributed by atoms with Crippen LogP contribution in [0.5, 0.6) is 0 Å². The Morgan fingerprint density at radius 3 is 2.87 bits per heavy atom. The molecule has 0 radical (unpaired) electrons. The molecule has 6 heteroatoms. The smallest absolute Gasteiger partial charge is 0.174 e. The summed E-state index contributed by atoms with van der Waals surface area (Å²) in [5, 5.41) is 0.646. The molecule has 0 amide bonds. The zero-order chi connectivity index (χ0) is 10.8. The summed E-state index contributed by atoms with van der Waals surface area (Å²) < 4.78 is 4.99. The molecule has 0 atom stereocenters. The summed E-state index contributed by atoms with van der Waals surface area (Å²) in [6, 6.07) is 5.44. The van der Waals surface area contributed by atoms with Crippen LogP contribution in [0.3, 0.4) is 0 Å². The van der Waals surface area contributed by atoms with E-state index in [1.807, 2.05) is 19.1 Å². The first-order valence-electron chi connectivity index (χ1n) is 4.18. The van der Waals surface area contributed by atoms with Crippen molar-refractivity contribution in [3.05, 3.63) is 29.0 Å². The van der Waals surface area contributed by atoms with E-state index in [0.29, 0.717) is 10.7 Å². The van der Waals surface area contributed by atoms with Gasteiger partial charge in [-0.1, -0.05) is 23.4 Å². The summed E-state index contributed by atoms with van der Waals surface area (Å²) in [5.74, 6) is 0.786. The summed E-state index contributed by atoms with van der Waals surface area (Å²) in [5.41, 5.74) is 6.27. The molecule has 1 aromatic heterocycles. The number of rotatable bonds is 2. The van der Waals surface area contributed by atoms with Gasteiger partial charge < -0.3 is 5.73 Å². The normalized spacial score (nSPS) is 10.5. The third-order valence-corrected chi connectivity index (χ3v) is 4.01. The van der Waals surface area contributed by atoms with Crippen LogP contribution in [0, 0.1) is 6.92 Å². The van der Waals surface area contributed by atoms with E-state index < -0.39 is 0 Å². The lowest BCUT2D eigenvalue weighted by Gasteiger charge is -2.01. The van der Waals surface area contributed by atoms with Gasteiger partial charge in [0.25, 0.3) is 0 Å². The molecular formula is C9H8ClN3S2. The van der Waals surface area contributed by atoms with Gasteiger partial charge in [-0.05, 0) is 36.7 Å². The minimum Gasteiger partial charge on any atom is -0.399 e. The van der Waals surface area contributed by atoms with Gasteiger partial charge in [-0.3, -0.25) is 0 Å². The maximum absolute atomic E-state index is 6.04. The number of hydrogen-bond donors (Lipinski definition) is 1. The van der Waals surface area contributed by atoms with E-state index in [1.54, 1.807) is 6.07 Å². The fourth-order valence-electron chi connectivity index (χ4n) is 1.01. The zero-order valence-electron chi connectivity index (χ0n) is 7.90. The van der Waals surface area contributed by atoms with Crippen molar-refractivity contribution in [2.24, 2.45) is 0 Å². The van der Waals surface area contributed by atoms with Gasteiger partial charge in [0.1, 0.15) is 5.82 Å². The molecule has 0 spiro atoms. The van der Waals surface area contributed by atoms with Crippen LogP contribution in [0.2, 0.25) is 5.02 Å². The molecule has 1 aromatic carbocycles. The summed E-state index contributed by atoms with van der Waals surface area (Å²) in [4.78, 5) is 5.20. The number of halogens is 1. The predicted molar refractivity (Wildman–Crippen MR) is 64.6 cm³/mol. The molecule has 0 fully saturated rings. The minimum atomic E-state index is 0.646. The second-order valence-corrected chi connectivity index (χ2v) is 5.35. The van der Waals surface area contributed by atoms with Crippen LogP contribution in [-0.4, -0.2) is 9.36 Å². The van der Waals surface area contributed by atoms with E-state index >= 15 is 0 Å². The minimum absolute atomic E-state index is 0.646. The highest BCUT2D eigenvalue weighted by Crippen LogP contribution is 2.34. The van der Waals surface area contributed by atoms with Crippen LogP contribution < -0.4 is 5.73 Å². The molecule has 2 aromatic rings. The monoisotopic (exact) mass is 257 g/mol. The third kappa shape index (κ3) is 2.62. The van der Waals surface area contributed by atoms with Crippen LogP contribution in [0.1, 0.15) is 5.82 Å². The van der Waals surface area contributed by atoms with E-state index in [-0.39, 0.29) is 0 Å². The van der Waals surface area contributed by atoms with Gasteiger partial charge in [-0.25, -0.2) is 4.98 Å². The largest absolute Gasteiger partial charge is 0.399 e. The second kappa shape index (κ2) is 4.38. The number of aromatic nitrogens is 2. The Bertz CT molecular complexity index is 484. The van der Waals surface area contributed by atoms with Gasteiger partial charge in [-0.15, -0.1) is 0 Å².